The standard InChI is InChI=1S/C22H27N3O2S/c26-21(19-8-4-12-25(19)22(27)20-9-5-15-28-20)23-18-10-13-24(14-11-18)16-17-6-2-1-3-7-17/h1-3,5-7,9,15,18-19H,4,8,10-14,16H2,(H,23,26). The van der Waals surface area contributed by atoms with Gasteiger partial charge in [-0.25, -0.2) is 0 Å². The smallest absolute Gasteiger partial charge is 0.264 e. The van der Waals surface area contributed by atoms with Crippen LogP contribution in [0.5, 0.6) is 0 Å². The zero-order valence-electron chi connectivity index (χ0n) is 16.0. The number of amides is 2. The van der Waals surface area contributed by atoms with Crippen molar-refractivity contribution in [3.63, 3.8) is 0 Å². The zero-order chi connectivity index (χ0) is 19.3. The van der Waals surface area contributed by atoms with Gasteiger partial charge in [0, 0.05) is 32.2 Å². The lowest BCUT2D eigenvalue weighted by Gasteiger charge is -2.33. The van der Waals surface area contributed by atoms with Gasteiger partial charge in [-0.3, -0.25) is 14.5 Å². The number of benzene rings is 1. The van der Waals surface area contributed by atoms with E-state index in [1.165, 1.54) is 16.9 Å². The molecule has 2 aliphatic rings. The van der Waals surface area contributed by atoms with Crippen molar-refractivity contribution < 1.29 is 9.59 Å². The molecule has 4 rings (SSSR count). The Labute approximate surface area is 170 Å². The first-order valence-corrected chi connectivity index (χ1v) is 11.0. The third-order valence-electron chi connectivity index (χ3n) is 5.73. The molecular weight excluding hydrogens is 370 g/mol. The highest BCUT2D eigenvalue weighted by Gasteiger charge is 2.36. The summed E-state index contributed by atoms with van der Waals surface area (Å²) in [5.74, 6) is 0.00856. The first-order chi connectivity index (χ1) is 13.7. The summed E-state index contributed by atoms with van der Waals surface area (Å²) in [5, 5.41) is 5.12. The molecule has 1 N–H and O–H groups in total. The minimum absolute atomic E-state index is 0.00895. The number of nitrogens with one attached hydrogen (secondary N) is 1. The number of carbonyl (C=O) groups excluding carboxylic acids is 2. The second kappa shape index (κ2) is 8.88. The van der Waals surface area contributed by atoms with E-state index in [9.17, 15) is 9.59 Å². The Hall–Kier alpha value is -2.18. The number of hydrogen-bond donors (Lipinski definition) is 1. The largest absolute Gasteiger partial charge is 0.351 e. The van der Waals surface area contributed by atoms with Gasteiger partial charge < -0.3 is 10.2 Å². The summed E-state index contributed by atoms with van der Waals surface area (Å²) in [5.41, 5.74) is 1.33. The molecule has 2 fully saturated rings. The lowest BCUT2D eigenvalue weighted by Crippen LogP contribution is -2.51. The van der Waals surface area contributed by atoms with Crippen LogP contribution in [0, 0.1) is 0 Å². The van der Waals surface area contributed by atoms with Crippen LogP contribution in [-0.4, -0.2) is 53.3 Å². The predicted molar refractivity (Wildman–Crippen MR) is 111 cm³/mol. The molecule has 0 aliphatic carbocycles. The number of piperidine rings is 1. The van der Waals surface area contributed by atoms with Crippen molar-refractivity contribution in [1.82, 2.24) is 15.1 Å². The zero-order valence-corrected chi connectivity index (χ0v) is 16.9. The van der Waals surface area contributed by atoms with E-state index in [2.05, 4.69) is 34.5 Å². The van der Waals surface area contributed by atoms with E-state index >= 15 is 0 Å². The molecule has 0 bridgehead atoms. The topological polar surface area (TPSA) is 52.7 Å². The van der Waals surface area contributed by atoms with Crippen LogP contribution < -0.4 is 5.32 Å². The molecule has 148 valence electrons. The third kappa shape index (κ3) is 4.45. The van der Waals surface area contributed by atoms with Gasteiger partial charge >= 0.3 is 0 Å². The molecule has 1 atom stereocenters. The monoisotopic (exact) mass is 397 g/mol. The molecule has 2 aliphatic heterocycles. The Morgan fingerprint density at radius 2 is 1.79 bits per heavy atom. The van der Waals surface area contributed by atoms with E-state index in [-0.39, 0.29) is 23.9 Å². The maximum absolute atomic E-state index is 12.9. The van der Waals surface area contributed by atoms with E-state index in [0.29, 0.717) is 11.4 Å². The van der Waals surface area contributed by atoms with Crippen molar-refractivity contribution in [1.29, 1.82) is 0 Å². The summed E-state index contributed by atoms with van der Waals surface area (Å²) < 4.78 is 0. The van der Waals surface area contributed by atoms with Gasteiger partial charge in [0.15, 0.2) is 0 Å². The number of likely N-dealkylation sites (tertiary alicyclic amines) is 2. The second-order valence-electron chi connectivity index (χ2n) is 7.68. The van der Waals surface area contributed by atoms with Crippen LogP contribution >= 0.6 is 11.3 Å². The van der Waals surface area contributed by atoms with Crippen molar-refractivity contribution in [3.05, 3.63) is 58.3 Å². The van der Waals surface area contributed by atoms with Gasteiger partial charge in [-0.15, -0.1) is 11.3 Å². The van der Waals surface area contributed by atoms with Crippen molar-refractivity contribution in [2.45, 2.75) is 44.3 Å². The number of nitrogens with zero attached hydrogens (tertiary/aromatic N) is 2. The number of carbonyl (C=O) groups is 2. The van der Waals surface area contributed by atoms with Crippen LogP contribution in [0.1, 0.15) is 40.9 Å². The molecule has 5 nitrogen and oxygen atoms in total. The highest BCUT2D eigenvalue weighted by Crippen LogP contribution is 2.23. The summed E-state index contributed by atoms with van der Waals surface area (Å²) in [6.07, 6.45) is 3.58. The molecule has 28 heavy (non-hydrogen) atoms. The van der Waals surface area contributed by atoms with Crippen LogP contribution in [0.3, 0.4) is 0 Å². The molecule has 2 amide bonds. The highest BCUT2D eigenvalue weighted by molar-refractivity contribution is 7.12. The third-order valence-corrected chi connectivity index (χ3v) is 6.59. The number of thiophene rings is 1. The maximum atomic E-state index is 12.9. The second-order valence-corrected chi connectivity index (χ2v) is 8.63. The fraction of sp³-hybridized carbons (Fsp3) is 0.455. The van der Waals surface area contributed by atoms with Crippen LogP contribution in [-0.2, 0) is 11.3 Å². The quantitative estimate of drug-likeness (QED) is 0.843. The molecule has 3 heterocycles. The van der Waals surface area contributed by atoms with Gasteiger partial charge in [0.25, 0.3) is 5.91 Å². The summed E-state index contributed by atoms with van der Waals surface area (Å²) >= 11 is 1.44. The molecule has 1 unspecified atom stereocenters. The highest BCUT2D eigenvalue weighted by atomic mass is 32.1. The Morgan fingerprint density at radius 3 is 2.50 bits per heavy atom. The summed E-state index contributed by atoms with van der Waals surface area (Å²) in [6, 6.07) is 14.1. The predicted octanol–water partition coefficient (Wildman–Crippen LogP) is 3.13. The molecule has 0 spiro atoms. The SMILES string of the molecule is O=C(NC1CCN(Cc2ccccc2)CC1)C1CCCN1C(=O)c1cccs1. The normalized spacial score (nSPS) is 21.0. The molecule has 1 aromatic heterocycles. The Morgan fingerprint density at radius 1 is 1.00 bits per heavy atom. The summed E-state index contributed by atoms with van der Waals surface area (Å²) in [4.78, 5) is 30.5. The number of hydrogen-bond acceptors (Lipinski definition) is 4. The molecular formula is C22H27N3O2S. The first-order valence-electron chi connectivity index (χ1n) is 10.1. The van der Waals surface area contributed by atoms with Gasteiger partial charge in [0.2, 0.25) is 5.91 Å². The lowest BCUT2D eigenvalue weighted by molar-refractivity contribution is -0.125. The molecule has 6 heteroatoms. The molecule has 2 aromatic rings. The van der Waals surface area contributed by atoms with Crippen molar-refractivity contribution in [3.8, 4) is 0 Å². The Bertz CT molecular complexity index is 785. The fourth-order valence-electron chi connectivity index (χ4n) is 4.20. The molecule has 0 saturated carbocycles. The average molecular weight is 398 g/mol. The maximum Gasteiger partial charge on any atom is 0.264 e. The first kappa shape index (κ1) is 19.2. The minimum atomic E-state index is -0.322. The van der Waals surface area contributed by atoms with Gasteiger partial charge in [-0.2, -0.15) is 0 Å². The molecule has 2 saturated heterocycles. The summed E-state index contributed by atoms with van der Waals surface area (Å²) in [6.45, 7) is 3.61. The fourth-order valence-corrected chi connectivity index (χ4v) is 4.88. The Balaban J connectivity index is 1.27. The van der Waals surface area contributed by atoms with E-state index in [4.69, 9.17) is 0 Å². The van der Waals surface area contributed by atoms with E-state index < -0.39 is 0 Å². The van der Waals surface area contributed by atoms with E-state index in [1.54, 1.807) is 4.90 Å². The lowest BCUT2D eigenvalue weighted by atomic mass is 10.0. The van der Waals surface area contributed by atoms with Gasteiger partial charge in [0.1, 0.15) is 6.04 Å². The van der Waals surface area contributed by atoms with Crippen molar-refractivity contribution >= 4 is 23.2 Å². The van der Waals surface area contributed by atoms with Crippen LogP contribution in [0.25, 0.3) is 0 Å². The van der Waals surface area contributed by atoms with Gasteiger partial charge in [-0.1, -0.05) is 36.4 Å². The minimum Gasteiger partial charge on any atom is -0.351 e. The van der Waals surface area contributed by atoms with Crippen molar-refractivity contribution in [2.75, 3.05) is 19.6 Å². The van der Waals surface area contributed by atoms with Crippen LogP contribution in [0.4, 0.5) is 0 Å². The van der Waals surface area contributed by atoms with Crippen LogP contribution in [0.2, 0.25) is 0 Å². The van der Waals surface area contributed by atoms with Crippen LogP contribution in [0.15, 0.2) is 47.8 Å². The average Bonchev–Trinajstić information content (AvgIpc) is 3.42. The van der Waals surface area contributed by atoms with E-state index in [0.717, 1.165) is 45.3 Å². The number of rotatable bonds is 5. The Kier molecular flexibility index (Phi) is 6.07. The van der Waals surface area contributed by atoms with E-state index in [1.807, 2.05) is 23.6 Å². The van der Waals surface area contributed by atoms with Gasteiger partial charge in [0.05, 0.1) is 4.88 Å². The van der Waals surface area contributed by atoms with Gasteiger partial charge in [-0.05, 0) is 42.7 Å². The molecule has 1 aromatic carbocycles. The summed E-state index contributed by atoms with van der Waals surface area (Å²) in [7, 11) is 0. The van der Waals surface area contributed by atoms with Crippen molar-refractivity contribution in [2.24, 2.45) is 0 Å². The molecule has 0 radical (unpaired) electrons.